The Hall–Kier alpha value is -1.91. The number of carbonyl (C=O) groups excluding carboxylic acids is 1. The van der Waals surface area contributed by atoms with Crippen molar-refractivity contribution in [2.45, 2.75) is 27.2 Å². The van der Waals surface area contributed by atoms with Gasteiger partial charge in [0.25, 0.3) is 5.91 Å². The molecule has 5 heteroatoms. The number of hydrogen-bond acceptors (Lipinski definition) is 2. The Balaban J connectivity index is 2.62. The summed E-state index contributed by atoms with van der Waals surface area (Å²) < 4.78 is 14.9. The highest BCUT2D eigenvalue weighted by Crippen LogP contribution is 2.16. The average molecular weight is 263 g/mol. The SMILES string of the molecule is CCc1nc2ccc(F)cn2c1C(=O)N(CC)CC. The lowest BCUT2D eigenvalue weighted by molar-refractivity contribution is 0.0765. The predicted molar refractivity (Wildman–Crippen MR) is 71.8 cm³/mol. The Bertz CT molecular complexity index is 602. The fourth-order valence-electron chi connectivity index (χ4n) is 2.20. The van der Waals surface area contributed by atoms with E-state index in [2.05, 4.69) is 4.98 Å². The number of aromatic nitrogens is 2. The lowest BCUT2D eigenvalue weighted by Gasteiger charge is -2.18. The summed E-state index contributed by atoms with van der Waals surface area (Å²) in [6, 6.07) is 2.95. The molecular formula is C14H18FN3O. The number of pyridine rings is 1. The molecule has 2 aromatic heterocycles. The lowest BCUT2D eigenvalue weighted by Crippen LogP contribution is -2.32. The van der Waals surface area contributed by atoms with Crippen LogP contribution in [0.5, 0.6) is 0 Å². The molecule has 0 radical (unpaired) electrons. The van der Waals surface area contributed by atoms with Gasteiger partial charge in [-0.15, -0.1) is 0 Å². The number of nitrogens with zero attached hydrogens (tertiary/aromatic N) is 3. The zero-order chi connectivity index (χ0) is 14.0. The van der Waals surface area contributed by atoms with Crippen molar-refractivity contribution < 1.29 is 9.18 Å². The summed E-state index contributed by atoms with van der Waals surface area (Å²) in [7, 11) is 0. The minimum atomic E-state index is -0.374. The van der Waals surface area contributed by atoms with E-state index in [-0.39, 0.29) is 11.7 Å². The first-order chi connectivity index (χ1) is 9.12. The fraction of sp³-hybridized carbons (Fsp3) is 0.429. The molecule has 19 heavy (non-hydrogen) atoms. The Kier molecular flexibility index (Phi) is 3.83. The van der Waals surface area contributed by atoms with E-state index in [0.717, 1.165) is 0 Å². The molecule has 0 spiro atoms. The van der Waals surface area contributed by atoms with Crippen LogP contribution in [-0.4, -0.2) is 33.3 Å². The highest BCUT2D eigenvalue weighted by molar-refractivity contribution is 5.94. The quantitative estimate of drug-likeness (QED) is 0.850. The van der Waals surface area contributed by atoms with Gasteiger partial charge in [0.05, 0.1) is 5.69 Å². The van der Waals surface area contributed by atoms with E-state index in [0.29, 0.717) is 36.5 Å². The third-order valence-electron chi connectivity index (χ3n) is 3.24. The standard InChI is InChI=1S/C14H18FN3O/c1-4-11-13(14(19)17(5-2)6-3)18-9-10(15)7-8-12(18)16-11/h7-9H,4-6H2,1-3H3. The van der Waals surface area contributed by atoms with Gasteiger partial charge in [0.2, 0.25) is 0 Å². The summed E-state index contributed by atoms with van der Waals surface area (Å²) in [6.07, 6.45) is 1.96. The second kappa shape index (κ2) is 5.38. The molecule has 0 atom stereocenters. The molecular weight excluding hydrogens is 245 g/mol. The Labute approximate surface area is 111 Å². The molecule has 0 aliphatic carbocycles. The topological polar surface area (TPSA) is 37.6 Å². The van der Waals surface area contributed by atoms with Crippen molar-refractivity contribution >= 4 is 11.6 Å². The van der Waals surface area contributed by atoms with E-state index < -0.39 is 0 Å². The minimum Gasteiger partial charge on any atom is -0.338 e. The van der Waals surface area contributed by atoms with Crippen LogP contribution in [-0.2, 0) is 6.42 Å². The number of fused-ring (bicyclic) bond motifs is 1. The predicted octanol–water partition coefficient (Wildman–Crippen LogP) is 2.52. The van der Waals surface area contributed by atoms with Crippen molar-refractivity contribution in [2.75, 3.05) is 13.1 Å². The molecule has 0 fully saturated rings. The molecule has 0 N–H and O–H groups in total. The van der Waals surface area contributed by atoms with E-state index in [1.165, 1.54) is 12.3 Å². The van der Waals surface area contributed by atoms with Gasteiger partial charge in [-0.25, -0.2) is 9.37 Å². The number of hydrogen-bond donors (Lipinski definition) is 0. The van der Waals surface area contributed by atoms with Crippen molar-refractivity contribution in [1.82, 2.24) is 14.3 Å². The zero-order valence-electron chi connectivity index (χ0n) is 11.5. The highest BCUT2D eigenvalue weighted by atomic mass is 19.1. The van der Waals surface area contributed by atoms with Gasteiger partial charge in [0.15, 0.2) is 0 Å². The summed E-state index contributed by atoms with van der Waals surface area (Å²) in [6.45, 7) is 7.05. The van der Waals surface area contributed by atoms with Gasteiger partial charge in [-0.2, -0.15) is 0 Å². The second-order valence-corrected chi connectivity index (χ2v) is 4.31. The highest BCUT2D eigenvalue weighted by Gasteiger charge is 2.22. The molecule has 2 heterocycles. The molecule has 2 aromatic rings. The molecule has 4 nitrogen and oxygen atoms in total. The average Bonchev–Trinajstić information content (AvgIpc) is 2.77. The van der Waals surface area contributed by atoms with Gasteiger partial charge in [-0.1, -0.05) is 6.92 Å². The summed E-state index contributed by atoms with van der Waals surface area (Å²) in [5.41, 5.74) is 1.79. The number of rotatable bonds is 4. The third-order valence-corrected chi connectivity index (χ3v) is 3.24. The van der Waals surface area contributed by atoms with E-state index in [4.69, 9.17) is 0 Å². The van der Waals surface area contributed by atoms with Crippen molar-refractivity contribution in [3.63, 3.8) is 0 Å². The third kappa shape index (κ3) is 2.32. The largest absolute Gasteiger partial charge is 0.338 e. The van der Waals surface area contributed by atoms with Gasteiger partial charge in [-0.3, -0.25) is 9.20 Å². The molecule has 0 unspecified atom stereocenters. The maximum absolute atomic E-state index is 13.4. The van der Waals surface area contributed by atoms with Crippen molar-refractivity contribution in [3.05, 3.63) is 35.5 Å². The van der Waals surface area contributed by atoms with Crippen LogP contribution < -0.4 is 0 Å². The first kappa shape index (κ1) is 13.5. The first-order valence-corrected chi connectivity index (χ1v) is 6.58. The number of aryl methyl sites for hydroxylation is 1. The first-order valence-electron chi connectivity index (χ1n) is 6.58. The van der Waals surface area contributed by atoms with Crippen LogP contribution >= 0.6 is 0 Å². The smallest absolute Gasteiger partial charge is 0.272 e. The van der Waals surface area contributed by atoms with Gasteiger partial charge >= 0.3 is 0 Å². The Morgan fingerprint density at radius 1 is 1.32 bits per heavy atom. The zero-order valence-corrected chi connectivity index (χ0v) is 11.5. The number of carbonyl (C=O) groups is 1. The molecule has 0 bridgehead atoms. The Morgan fingerprint density at radius 2 is 2.00 bits per heavy atom. The van der Waals surface area contributed by atoms with Crippen molar-refractivity contribution in [2.24, 2.45) is 0 Å². The second-order valence-electron chi connectivity index (χ2n) is 4.31. The van der Waals surface area contributed by atoms with Crippen LogP contribution in [0.4, 0.5) is 4.39 Å². The normalized spacial score (nSPS) is 10.9. The van der Waals surface area contributed by atoms with Gasteiger partial charge < -0.3 is 4.90 Å². The molecule has 0 saturated heterocycles. The van der Waals surface area contributed by atoms with E-state index in [9.17, 15) is 9.18 Å². The number of imidazole rings is 1. The molecule has 0 aromatic carbocycles. The van der Waals surface area contributed by atoms with Crippen LogP contribution in [0.15, 0.2) is 18.3 Å². The molecule has 2 rings (SSSR count). The minimum absolute atomic E-state index is 0.0973. The summed E-state index contributed by atoms with van der Waals surface area (Å²) in [5, 5.41) is 0. The molecule has 1 amide bonds. The monoisotopic (exact) mass is 263 g/mol. The molecule has 0 saturated carbocycles. The van der Waals surface area contributed by atoms with Gasteiger partial charge in [0, 0.05) is 19.3 Å². The van der Waals surface area contributed by atoms with Crippen LogP contribution in [0.3, 0.4) is 0 Å². The van der Waals surface area contributed by atoms with Crippen LogP contribution in [0.1, 0.15) is 37.0 Å². The van der Waals surface area contributed by atoms with Crippen molar-refractivity contribution in [1.29, 1.82) is 0 Å². The summed E-state index contributed by atoms with van der Waals surface area (Å²) in [5.74, 6) is -0.471. The summed E-state index contributed by atoms with van der Waals surface area (Å²) in [4.78, 5) is 18.6. The van der Waals surface area contributed by atoms with Crippen LogP contribution in [0, 0.1) is 5.82 Å². The van der Waals surface area contributed by atoms with Crippen LogP contribution in [0.25, 0.3) is 5.65 Å². The molecule has 0 aliphatic rings. The van der Waals surface area contributed by atoms with E-state index in [1.807, 2.05) is 20.8 Å². The van der Waals surface area contributed by atoms with Crippen LogP contribution in [0.2, 0.25) is 0 Å². The van der Waals surface area contributed by atoms with Gasteiger partial charge in [-0.05, 0) is 32.4 Å². The lowest BCUT2D eigenvalue weighted by atomic mass is 10.2. The maximum Gasteiger partial charge on any atom is 0.272 e. The fourth-order valence-corrected chi connectivity index (χ4v) is 2.20. The van der Waals surface area contributed by atoms with E-state index >= 15 is 0 Å². The Morgan fingerprint density at radius 3 is 2.58 bits per heavy atom. The molecule has 102 valence electrons. The molecule has 0 aliphatic heterocycles. The van der Waals surface area contributed by atoms with Crippen molar-refractivity contribution in [3.8, 4) is 0 Å². The number of amides is 1. The van der Waals surface area contributed by atoms with Gasteiger partial charge in [0.1, 0.15) is 17.2 Å². The number of halogens is 1. The van der Waals surface area contributed by atoms with E-state index in [1.54, 1.807) is 15.4 Å². The maximum atomic E-state index is 13.4. The summed E-state index contributed by atoms with van der Waals surface area (Å²) >= 11 is 0.